The van der Waals surface area contributed by atoms with E-state index in [1.54, 1.807) is 12.0 Å². The molecule has 3 rings (SSSR count). The van der Waals surface area contributed by atoms with E-state index in [4.69, 9.17) is 9.57 Å². The number of allylic oxidation sites excluding steroid dienone is 1. The Labute approximate surface area is 191 Å². The smallest absolute Gasteiger partial charge is 0.257 e. The van der Waals surface area contributed by atoms with Crippen LogP contribution in [0, 0.1) is 0 Å². The van der Waals surface area contributed by atoms with Gasteiger partial charge in [-0.1, -0.05) is 49.3 Å². The topological polar surface area (TPSA) is 54.4 Å². The zero-order valence-corrected chi connectivity index (χ0v) is 19.5. The lowest BCUT2D eigenvalue weighted by atomic mass is 9.86. The number of nitrogens with zero attached hydrogens (tertiary/aromatic N) is 3. The fraction of sp³-hybridized carbons (Fsp3) is 0.385. The number of oxime groups is 1. The van der Waals surface area contributed by atoms with Crippen molar-refractivity contribution in [3.8, 4) is 5.75 Å². The second-order valence-electron chi connectivity index (χ2n) is 7.73. The van der Waals surface area contributed by atoms with Crippen LogP contribution in [0.2, 0.25) is 0 Å². The molecule has 0 aromatic heterocycles. The van der Waals surface area contributed by atoms with Crippen LogP contribution in [-0.4, -0.2) is 49.9 Å². The molecule has 1 aliphatic heterocycles. The Hall–Kier alpha value is -3.12. The summed E-state index contributed by atoms with van der Waals surface area (Å²) in [6.45, 7) is 9.82. The van der Waals surface area contributed by atoms with Gasteiger partial charge in [-0.3, -0.25) is 9.69 Å². The average molecular weight is 436 g/mol. The molecule has 0 aliphatic carbocycles. The second-order valence-corrected chi connectivity index (χ2v) is 7.73. The number of ether oxygens (including phenoxy) is 1. The van der Waals surface area contributed by atoms with E-state index < -0.39 is 0 Å². The van der Waals surface area contributed by atoms with Crippen LogP contribution in [-0.2, 0) is 9.63 Å². The monoisotopic (exact) mass is 435 g/mol. The number of β-lactam (4-membered cyclic amide) rings is 1. The summed E-state index contributed by atoms with van der Waals surface area (Å²) < 4.78 is 5.25. The first-order chi connectivity index (χ1) is 15.6. The van der Waals surface area contributed by atoms with Gasteiger partial charge in [-0.15, -0.1) is 0 Å². The van der Waals surface area contributed by atoms with Gasteiger partial charge in [-0.05, 0) is 62.3 Å². The van der Waals surface area contributed by atoms with Gasteiger partial charge in [0.05, 0.1) is 18.9 Å². The molecule has 1 atom stereocenters. The third kappa shape index (κ3) is 5.56. The van der Waals surface area contributed by atoms with E-state index in [1.165, 1.54) is 0 Å². The van der Waals surface area contributed by atoms with Gasteiger partial charge in [0.25, 0.3) is 5.91 Å². The third-order valence-corrected chi connectivity index (χ3v) is 5.66. The minimum absolute atomic E-state index is 0.0277. The van der Waals surface area contributed by atoms with E-state index in [0.717, 1.165) is 43.1 Å². The molecule has 0 N–H and O–H groups in total. The number of amides is 1. The average Bonchev–Trinajstić information content (AvgIpc) is 2.83. The summed E-state index contributed by atoms with van der Waals surface area (Å²) in [7, 11) is 1.63. The number of rotatable bonds is 11. The molecule has 1 amide bonds. The molecule has 0 spiro atoms. The minimum Gasteiger partial charge on any atom is -0.497 e. The van der Waals surface area contributed by atoms with Crippen molar-refractivity contribution in [2.45, 2.75) is 33.2 Å². The summed E-state index contributed by atoms with van der Waals surface area (Å²) in [4.78, 5) is 22.7. The SMILES string of the molecule is CCN(CC)CCCON=C(C)C=C1C(=O)N(c2ccc(OC)cc2)C1c1ccccc1. The van der Waals surface area contributed by atoms with Crippen molar-refractivity contribution in [3.63, 3.8) is 0 Å². The summed E-state index contributed by atoms with van der Waals surface area (Å²) in [5.74, 6) is 0.731. The van der Waals surface area contributed by atoms with Gasteiger partial charge in [-0.2, -0.15) is 0 Å². The van der Waals surface area contributed by atoms with Crippen molar-refractivity contribution < 1.29 is 14.4 Å². The minimum atomic E-state index is -0.162. The summed E-state index contributed by atoms with van der Waals surface area (Å²) in [6, 6.07) is 17.4. The van der Waals surface area contributed by atoms with Crippen molar-refractivity contribution in [3.05, 3.63) is 71.8 Å². The highest BCUT2D eigenvalue weighted by Crippen LogP contribution is 2.43. The predicted octanol–water partition coefficient (Wildman–Crippen LogP) is 4.83. The molecule has 1 heterocycles. The maximum atomic E-state index is 13.1. The van der Waals surface area contributed by atoms with Crippen molar-refractivity contribution in [2.75, 3.05) is 38.3 Å². The van der Waals surface area contributed by atoms with Gasteiger partial charge >= 0.3 is 0 Å². The molecule has 2 aromatic rings. The second kappa shape index (κ2) is 11.5. The Kier molecular flexibility index (Phi) is 8.45. The summed E-state index contributed by atoms with van der Waals surface area (Å²) in [5.41, 5.74) is 3.29. The van der Waals surface area contributed by atoms with Crippen LogP contribution >= 0.6 is 0 Å². The zero-order valence-electron chi connectivity index (χ0n) is 19.5. The maximum absolute atomic E-state index is 13.1. The van der Waals surface area contributed by atoms with Crippen LogP contribution in [0.1, 0.15) is 38.8 Å². The van der Waals surface area contributed by atoms with Crippen molar-refractivity contribution >= 4 is 17.3 Å². The van der Waals surface area contributed by atoms with E-state index in [-0.39, 0.29) is 11.9 Å². The van der Waals surface area contributed by atoms with E-state index in [1.807, 2.05) is 67.6 Å². The molecule has 2 aromatic carbocycles. The summed E-state index contributed by atoms with van der Waals surface area (Å²) in [5, 5.41) is 4.21. The molecule has 1 saturated heterocycles. The van der Waals surface area contributed by atoms with E-state index in [9.17, 15) is 4.79 Å². The first-order valence-electron chi connectivity index (χ1n) is 11.2. The third-order valence-electron chi connectivity index (χ3n) is 5.66. The van der Waals surface area contributed by atoms with Gasteiger partial charge in [0, 0.05) is 17.8 Å². The molecule has 0 radical (unpaired) electrons. The molecular formula is C26H33N3O3. The molecule has 1 aliphatic rings. The summed E-state index contributed by atoms with van der Waals surface area (Å²) >= 11 is 0. The first-order valence-corrected chi connectivity index (χ1v) is 11.2. The molecule has 0 bridgehead atoms. The molecule has 1 fully saturated rings. The van der Waals surface area contributed by atoms with Crippen LogP contribution in [0.4, 0.5) is 5.69 Å². The number of carbonyl (C=O) groups excluding carboxylic acids is 1. The fourth-order valence-electron chi connectivity index (χ4n) is 3.85. The Morgan fingerprint density at radius 1 is 1.09 bits per heavy atom. The van der Waals surface area contributed by atoms with E-state index in [2.05, 4.69) is 23.9 Å². The molecule has 32 heavy (non-hydrogen) atoms. The maximum Gasteiger partial charge on any atom is 0.257 e. The van der Waals surface area contributed by atoms with Crippen molar-refractivity contribution in [2.24, 2.45) is 5.16 Å². The lowest BCUT2D eigenvalue weighted by Crippen LogP contribution is -2.49. The largest absolute Gasteiger partial charge is 0.497 e. The quantitative estimate of drug-likeness (QED) is 0.167. The fourth-order valence-corrected chi connectivity index (χ4v) is 3.85. The van der Waals surface area contributed by atoms with Gasteiger partial charge in [0.1, 0.15) is 12.4 Å². The van der Waals surface area contributed by atoms with Gasteiger partial charge in [0.2, 0.25) is 0 Å². The normalized spacial score (nSPS) is 17.6. The summed E-state index contributed by atoms with van der Waals surface area (Å²) in [6.07, 6.45) is 2.76. The van der Waals surface area contributed by atoms with Crippen LogP contribution in [0.5, 0.6) is 5.75 Å². The van der Waals surface area contributed by atoms with Gasteiger partial charge in [-0.25, -0.2) is 0 Å². The number of hydrogen-bond acceptors (Lipinski definition) is 5. The Morgan fingerprint density at radius 2 is 1.78 bits per heavy atom. The Balaban J connectivity index is 1.72. The highest BCUT2D eigenvalue weighted by Gasteiger charge is 2.43. The number of carbonyl (C=O) groups is 1. The molecule has 170 valence electrons. The first kappa shape index (κ1) is 23.5. The molecule has 6 heteroatoms. The Morgan fingerprint density at radius 3 is 2.41 bits per heavy atom. The van der Waals surface area contributed by atoms with Crippen molar-refractivity contribution in [1.82, 2.24) is 4.90 Å². The van der Waals surface area contributed by atoms with Crippen LogP contribution < -0.4 is 9.64 Å². The van der Waals surface area contributed by atoms with Crippen molar-refractivity contribution in [1.29, 1.82) is 0 Å². The van der Waals surface area contributed by atoms with E-state index in [0.29, 0.717) is 17.9 Å². The van der Waals surface area contributed by atoms with Gasteiger partial charge < -0.3 is 14.5 Å². The van der Waals surface area contributed by atoms with Crippen LogP contribution in [0.15, 0.2) is 71.4 Å². The number of benzene rings is 2. The van der Waals surface area contributed by atoms with Crippen LogP contribution in [0.3, 0.4) is 0 Å². The number of hydrogen-bond donors (Lipinski definition) is 0. The van der Waals surface area contributed by atoms with Crippen LogP contribution in [0.25, 0.3) is 0 Å². The predicted molar refractivity (Wildman–Crippen MR) is 129 cm³/mol. The molecule has 6 nitrogen and oxygen atoms in total. The highest BCUT2D eigenvalue weighted by atomic mass is 16.6. The highest BCUT2D eigenvalue weighted by molar-refractivity contribution is 6.18. The van der Waals surface area contributed by atoms with E-state index >= 15 is 0 Å². The zero-order chi connectivity index (χ0) is 22.9. The molecular weight excluding hydrogens is 402 g/mol. The number of methoxy groups -OCH3 is 1. The lowest BCUT2D eigenvalue weighted by molar-refractivity contribution is -0.119. The number of anilines is 1. The molecule has 0 saturated carbocycles. The Bertz CT molecular complexity index is 935. The standard InChI is InChI=1S/C26H33N3O3/c1-5-28(6-2)17-10-18-32-27-20(3)19-24-25(21-11-8-7-9-12-21)29(26(24)30)22-13-15-23(31-4)16-14-22/h7-9,11-16,19,25H,5-6,10,17-18H2,1-4H3. The molecule has 1 unspecified atom stereocenters. The van der Waals surface area contributed by atoms with Gasteiger partial charge in [0.15, 0.2) is 0 Å². The lowest BCUT2D eigenvalue weighted by Gasteiger charge is -2.43.